The molecule has 0 amide bonds. The van der Waals surface area contributed by atoms with Gasteiger partial charge >= 0.3 is 0 Å². The minimum Gasteiger partial charge on any atom is -0.223 e. The Morgan fingerprint density at radius 1 is 1.33 bits per heavy atom. The summed E-state index contributed by atoms with van der Waals surface area (Å²) in [7, 11) is -3.80. The molecule has 114 valence electrons. The molecule has 1 fully saturated rings. The van der Waals surface area contributed by atoms with E-state index in [1.807, 2.05) is 0 Å². The molecule has 1 aromatic rings. The van der Waals surface area contributed by atoms with Crippen molar-refractivity contribution in [3.63, 3.8) is 0 Å². The highest BCUT2D eigenvalue weighted by Crippen LogP contribution is 2.38. The molecule has 0 aliphatic heterocycles. The van der Waals surface area contributed by atoms with Crippen molar-refractivity contribution >= 4 is 9.84 Å². The number of halogens is 1. The van der Waals surface area contributed by atoms with Gasteiger partial charge in [0, 0.05) is 0 Å². The summed E-state index contributed by atoms with van der Waals surface area (Å²) in [5.74, 6) is -0.958. The molecule has 0 N–H and O–H groups in total. The molecule has 0 aromatic heterocycles. The van der Waals surface area contributed by atoms with Gasteiger partial charge in [0.2, 0.25) is 0 Å². The van der Waals surface area contributed by atoms with E-state index >= 15 is 0 Å². The van der Waals surface area contributed by atoms with E-state index < -0.39 is 26.8 Å². The first-order chi connectivity index (χ1) is 10.0. The van der Waals surface area contributed by atoms with Crippen molar-refractivity contribution in [2.24, 2.45) is 11.8 Å². The third kappa shape index (κ3) is 3.26. The van der Waals surface area contributed by atoms with Crippen LogP contribution < -0.4 is 0 Å². The lowest BCUT2D eigenvalue weighted by Gasteiger charge is -2.32. The van der Waals surface area contributed by atoms with Gasteiger partial charge < -0.3 is 0 Å². The van der Waals surface area contributed by atoms with Gasteiger partial charge in [0.15, 0.2) is 9.84 Å². The highest BCUT2D eigenvalue weighted by molar-refractivity contribution is 7.92. The molecule has 0 heterocycles. The zero-order chi connectivity index (χ0) is 15.5. The third-order valence-corrected chi connectivity index (χ3v) is 6.57. The Kier molecular flexibility index (Phi) is 5.00. The maximum absolute atomic E-state index is 13.9. The molecule has 0 bridgehead atoms. The molecule has 1 aliphatic rings. The van der Waals surface area contributed by atoms with Crippen LogP contribution in [0.15, 0.2) is 29.2 Å². The van der Waals surface area contributed by atoms with Gasteiger partial charge in [-0.25, -0.2) is 12.8 Å². The second-order valence-corrected chi connectivity index (χ2v) is 7.85. The van der Waals surface area contributed by atoms with Crippen molar-refractivity contribution < 1.29 is 12.8 Å². The van der Waals surface area contributed by atoms with E-state index in [-0.39, 0.29) is 4.90 Å². The summed E-state index contributed by atoms with van der Waals surface area (Å²) in [6, 6.07) is 7.54. The van der Waals surface area contributed by atoms with Crippen LogP contribution in [0.4, 0.5) is 4.39 Å². The highest BCUT2D eigenvalue weighted by atomic mass is 32.2. The van der Waals surface area contributed by atoms with E-state index in [1.165, 1.54) is 18.2 Å². The van der Waals surface area contributed by atoms with Crippen LogP contribution in [0.2, 0.25) is 0 Å². The number of nitrogens with zero attached hydrogens (tertiary/aromatic N) is 1. The number of rotatable bonds is 4. The van der Waals surface area contributed by atoms with E-state index in [0.717, 1.165) is 25.3 Å². The first kappa shape index (κ1) is 16.0. The lowest BCUT2D eigenvalue weighted by atomic mass is 9.80. The SMILES string of the molecule is CCCC1CCC(C#N)C(S(=O)(=O)c2ccccc2F)C1. The topological polar surface area (TPSA) is 57.9 Å². The van der Waals surface area contributed by atoms with Crippen LogP contribution >= 0.6 is 0 Å². The van der Waals surface area contributed by atoms with Gasteiger partial charge in [-0.15, -0.1) is 0 Å². The molecule has 1 aromatic carbocycles. The predicted molar refractivity (Wildman–Crippen MR) is 78.7 cm³/mol. The fourth-order valence-electron chi connectivity index (χ4n) is 3.21. The zero-order valence-corrected chi connectivity index (χ0v) is 12.9. The summed E-state index contributed by atoms with van der Waals surface area (Å²) in [5, 5.41) is 8.46. The van der Waals surface area contributed by atoms with Gasteiger partial charge in [-0.3, -0.25) is 0 Å². The van der Waals surface area contributed by atoms with Gasteiger partial charge in [-0.1, -0.05) is 31.9 Å². The molecule has 3 atom stereocenters. The van der Waals surface area contributed by atoms with E-state index in [9.17, 15) is 18.1 Å². The quantitative estimate of drug-likeness (QED) is 0.852. The molecule has 1 aliphatic carbocycles. The average Bonchev–Trinajstić information content (AvgIpc) is 2.48. The zero-order valence-electron chi connectivity index (χ0n) is 12.1. The Hall–Kier alpha value is -1.41. The van der Waals surface area contributed by atoms with Crippen molar-refractivity contribution in [2.75, 3.05) is 0 Å². The molecule has 3 nitrogen and oxygen atoms in total. The molecule has 0 radical (unpaired) electrons. The summed E-state index contributed by atoms with van der Waals surface area (Å²) < 4.78 is 39.3. The molecule has 2 rings (SSSR count). The standard InChI is InChI=1S/C16H20FNO2S/c1-2-5-12-8-9-13(11-18)16(10-12)21(19,20)15-7-4-3-6-14(15)17/h3-4,6-7,12-13,16H,2,5,8-10H2,1H3. The lowest BCUT2D eigenvalue weighted by Crippen LogP contribution is -2.36. The van der Waals surface area contributed by atoms with Crippen LogP contribution in [0.5, 0.6) is 0 Å². The number of sulfone groups is 1. The predicted octanol–water partition coefficient (Wildman–Crippen LogP) is 3.71. The van der Waals surface area contributed by atoms with Gasteiger partial charge in [-0.05, 0) is 37.3 Å². The van der Waals surface area contributed by atoms with Gasteiger partial charge in [0.25, 0.3) is 0 Å². The Balaban J connectivity index is 2.36. The minimum atomic E-state index is -3.80. The van der Waals surface area contributed by atoms with Gasteiger partial charge in [0.05, 0.1) is 17.2 Å². The maximum atomic E-state index is 13.9. The number of hydrogen-bond donors (Lipinski definition) is 0. The molecule has 1 saturated carbocycles. The first-order valence-corrected chi connectivity index (χ1v) is 8.93. The van der Waals surface area contributed by atoms with Crippen LogP contribution in [0, 0.1) is 29.0 Å². The molecule has 0 spiro atoms. The van der Waals surface area contributed by atoms with Crippen molar-refractivity contribution in [2.45, 2.75) is 49.2 Å². The molecular weight excluding hydrogens is 289 g/mol. The van der Waals surface area contributed by atoms with E-state index in [4.69, 9.17) is 0 Å². The maximum Gasteiger partial charge on any atom is 0.185 e. The van der Waals surface area contributed by atoms with Crippen LogP contribution in [-0.2, 0) is 9.84 Å². The van der Waals surface area contributed by atoms with Gasteiger partial charge in [-0.2, -0.15) is 5.26 Å². The lowest BCUT2D eigenvalue weighted by molar-refractivity contribution is 0.298. The second kappa shape index (κ2) is 6.57. The van der Waals surface area contributed by atoms with Crippen LogP contribution in [0.3, 0.4) is 0 Å². The molecular formula is C16H20FNO2S. The number of hydrogen-bond acceptors (Lipinski definition) is 3. The highest BCUT2D eigenvalue weighted by Gasteiger charge is 2.40. The Labute approximate surface area is 125 Å². The molecule has 0 saturated heterocycles. The summed E-state index contributed by atoms with van der Waals surface area (Å²) in [6.07, 6.45) is 3.88. The van der Waals surface area contributed by atoms with Crippen molar-refractivity contribution in [3.8, 4) is 6.07 Å². The monoisotopic (exact) mass is 309 g/mol. The molecule has 5 heteroatoms. The second-order valence-electron chi connectivity index (χ2n) is 5.72. The number of benzene rings is 1. The molecule has 3 unspecified atom stereocenters. The largest absolute Gasteiger partial charge is 0.223 e. The average molecular weight is 309 g/mol. The fraction of sp³-hybridized carbons (Fsp3) is 0.562. The first-order valence-electron chi connectivity index (χ1n) is 7.38. The minimum absolute atomic E-state index is 0.271. The summed E-state index contributed by atoms with van der Waals surface area (Å²) in [6.45, 7) is 2.07. The van der Waals surface area contributed by atoms with Crippen LogP contribution in [-0.4, -0.2) is 13.7 Å². The molecule has 21 heavy (non-hydrogen) atoms. The Morgan fingerprint density at radius 2 is 2.05 bits per heavy atom. The number of nitriles is 1. The van der Waals surface area contributed by atoms with E-state index in [2.05, 4.69) is 13.0 Å². The normalized spacial score (nSPS) is 26.2. The van der Waals surface area contributed by atoms with E-state index in [1.54, 1.807) is 0 Å². The Morgan fingerprint density at radius 3 is 2.67 bits per heavy atom. The van der Waals surface area contributed by atoms with E-state index in [0.29, 0.717) is 18.8 Å². The van der Waals surface area contributed by atoms with Crippen molar-refractivity contribution in [1.29, 1.82) is 5.26 Å². The Bertz CT molecular complexity index is 636. The van der Waals surface area contributed by atoms with Crippen molar-refractivity contribution in [1.82, 2.24) is 0 Å². The fourth-order valence-corrected chi connectivity index (χ4v) is 5.30. The summed E-state index contributed by atoms with van der Waals surface area (Å²) in [5.41, 5.74) is 0. The summed E-state index contributed by atoms with van der Waals surface area (Å²) in [4.78, 5) is -0.271. The van der Waals surface area contributed by atoms with Crippen molar-refractivity contribution in [3.05, 3.63) is 30.1 Å². The van der Waals surface area contributed by atoms with Crippen LogP contribution in [0.1, 0.15) is 39.0 Å². The summed E-state index contributed by atoms with van der Waals surface area (Å²) >= 11 is 0. The smallest absolute Gasteiger partial charge is 0.185 e. The third-order valence-electron chi connectivity index (χ3n) is 4.30. The van der Waals surface area contributed by atoms with Gasteiger partial charge in [0.1, 0.15) is 10.7 Å². The van der Waals surface area contributed by atoms with Crippen LogP contribution in [0.25, 0.3) is 0 Å².